The highest BCUT2D eigenvalue weighted by molar-refractivity contribution is 5.91. The van der Waals surface area contributed by atoms with E-state index in [4.69, 9.17) is 10.4 Å². The van der Waals surface area contributed by atoms with Gasteiger partial charge < -0.3 is 10.0 Å². The van der Waals surface area contributed by atoms with Gasteiger partial charge in [-0.05, 0) is 46.7 Å². The number of nitriles is 1. The molecule has 0 unspecified atom stereocenters. The average molecular weight is 399 g/mol. The number of carboxylic acid groups (broad SMARTS) is 1. The predicted octanol–water partition coefficient (Wildman–Crippen LogP) is 5.48. The molecule has 0 bridgehead atoms. The van der Waals surface area contributed by atoms with Crippen molar-refractivity contribution in [3.8, 4) is 6.07 Å². The van der Waals surface area contributed by atoms with E-state index in [-0.39, 0.29) is 11.0 Å². The van der Waals surface area contributed by atoms with Gasteiger partial charge in [0.25, 0.3) is 0 Å². The van der Waals surface area contributed by atoms with Crippen LogP contribution in [0.25, 0.3) is 6.08 Å². The van der Waals surface area contributed by atoms with Crippen LogP contribution in [0.4, 0.5) is 5.69 Å². The van der Waals surface area contributed by atoms with E-state index in [1.54, 1.807) is 18.2 Å². The number of nitrogens with zero attached hydrogens (tertiary/aromatic N) is 2. The van der Waals surface area contributed by atoms with E-state index in [1.165, 1.54) is 22.9 Å². The van der Waals surface area contributed by atoms with Crippen molar-refractivity contribution >= 4 is 17.7 Å². The van der Waals surface area contributed by atoms with Gasteiger partial charge in [-0.2, -0.15) is 5.26 Å². The Morgan fingerprint density at radius 1 is 1.17 bits per heavy atom. The molecule has 30 heavy (non-hydrogen) atoms. The number of fused-ring (bicyclic) bond motifs is 1. The molecule has 0 atom stereocenters. The summed E-state index contributed by atoms with van der Waals surface area (Å²) in [5, 5.41) is 17.6. The van der Waals surface area contributed by atoms with Crippen LogP contribution in [0.1, 0.15) is 37.0 Å². The molecule has 1 aliphatic rings. The normalized spacial score (nSPS) is 15.9. The van der Waals surface area contributed by atoms with Crippen LogP contribution in [0, 0.1) is 11.3 Å². The van der Waals surface area contributed by atoms with Gasteiger partial charge in [-0.3, -0.25) is 0 Å². The molecule has 1 heterocycles. The zero-order valence-electron chi connectivity index (χ0n) is 17.4. The summed E-state index contributed by atoms with van der Waals surface area (Å²) in [7, 11) is 0. The third-order valence-electron chi connectivity index (χ3n) is 5.44. The molecule has 0 aromatic heterocycles. The molecule has 0 spiro atoms. The number of allylic oxidation sites excluding steroid dienone is 4. The Bertz CT molecular complexity index is 1040. The Morgan fingerprint density at radius 3 is 2.63 bits per heavy atom. The largest absolute Gasteiger partial charge is 0.477 e. The van der Waals surface area contributed by atoms with Gasteiger partial charge >= 0.3 is 5.97 Å². The van der Waals surface area contributed by atoms with Crippen LogP contribution in [0.2, 0.25) is 0 Å². The fraction of sp³-hybridized carbons (Fsp3) is 0.231. The molecule has 0 saturated carbocycles. The monoisotopic (exact) mass is 398 g/mol. The molecular formula is C26H26N2O2. The second kappa shape index (κ2) is 9.28. The minimum absolute atomic E-state index is 0.105. The molecule has 4 heteroatoms. The highest BCUT2D eigenvalue weighted by Gasteiger charge is 2.31. The SMILES string of the molecule is CC1(C)CCN(Cc2ccccc2)c2ccc(C=CC=CC=C(C#N)C(=O)O)cc21. The minimum Gasteiger partial charge on any atom is -0.477 e. The fourth-order valence-electron chi connectivity index (χ4n) is 3.65. The Morgan fingerprint density at radius 2 is 1.93 bits per heavy atom. The van der Waals surface area contributed by atoms with E-state index >= 15 is 0 Å². The Kier molecular flexibility index (Phi) is 6.54. The molecule has 2 aromatic rings. The van der Waals surface area contributed by atoms with Gasteiger partial charge in [0.15, 0.2) is 0 Å². The summed E-state index contributed by atoms with van der Waals surface area (Å²) in [5.74, 6) is -1.22. The first-order chi connectivity index (χ1) is 14.4. The van der Waals surface area contributed by atoms with Gasteiger partial charge in [-0.1, -0.05) is 74.5 Å². The number of rotatable bonds is 6. The van der Waals surface area contributed by atoms with Crippen LogP contribution in [0.15, 0.2) is 78.4 Å². The molecule has 0 fully saturated rings. The molecule has 152 valence electrons. The lowest BCUT2D eigenvalue weighted by molar-refractivity contribution is -0.132. The summed E-state index contributed by atoms with van der Waals surface area (Å²) in [5.41, 5.74) is 4.85. The second-order valence-corrected chi connectivity index (χ2v) is 8.06. The van der Waals surface area contributed by atoms with Crippen molar-refractivity contribution in [2.24, 2.45) is 0 Å². The van der Waals surface area contributed by atoms with Gasteiger partial charge in [0.1, 0.15) is 11.6 Å². The summed E-state index contributed by atoms with van der Waals surface area (Å²) in [6.07, 6.45) is 9.52. The first kappa shape index (κ1) is 21.1. The highest BCUT2D eigenvalue weighted by atomic mass is 16.4. The van der Waals surface area contributed by atoms with Gasteiger partial charge in [0.05, 0.1) is 0 Å². The van der Waals surface area contributed by atoms with E-state index in [1.807, 2.05) is 18.2 Å². The molecule has 0 amide bonds. The summed E-state index contributed by atoms with van der Waals surface area (Å²) in [6.45, 7) is 6.52. The van der Waals surface area contributed by atoms with E-state index in [2.05, 4.69) is 61.2 Å². The standard InChI is InChI=1S/C26H26N2O2/c1-26(2)15-16-28(19-21-10-6-3-7-11-21)24-14-13-20(17-23(24)26)9-5-4-8-12-22(18-27)25(29)30/h3-14,17H,15-16,19H2,1-2H3,(H,29,30). The molecule has 4 nitrogen and oxygen atoms in total. The number of aliphatic carboxylic acids is 1. The maximum atomic E-state index is 10.8. The van der Waals surface area contributed by atoms with Crippen molar-refractivity contribution in [2.45, 2.75) is 32.2 Å². The number of carbonyl (C=O) groups is 1. The first-order valence-electron chi connectivity index (χ1n) is 10.0. The number of hydrogen-bond donors (Lipinski definition) is 1. The zero-order valence-corrected chi connectivity index (χ0v) is 17.4. The average Bonchev–Trinajstić information content (AvgIpc) is 2.73. The summed E-state index contributed by atoms with van der Waals surface area (Å²) >= 11 is 0. The minimum atomic E-state index is -1.22. The van der Waals surface area contributed by atoms with Crippen LogP contribution in [-0.4, -0.2) is 17.6 Å². The zero-order chi connectivity index (χ0) is 21.6. The van der Waals surface area contributed by atoms with E-state index in [9.17, 15) is 4.79 Å². The molecule has 0 aliphatic carbocycles. The summed E-state index contributed by atoms with van der Waals surface area (Å²) in [6, 6.07) is 18.7. The second-order valence-electron chi connectivity index (χ2n) is 8.06. The maximum Gasteiger partial charge on any atom is 0.346 e. The van der Waals surface area contributed by atoms with Crippen LogP contribution in [-0.2, 0) is 16.8 Å². The number of carboxylic acids is 1. The Balaban J connectivity index is 1.80. The van der Waals surface area contributed by atoms with Crippen molar-refractivity contribution < 1.29 is 9.90 Å². The van der Waals surface area contributed by atoms with Crippen LogP contribution < -0.4 is 4.90 Å². The highest BCUT2D eigenvalue weighted by Crippen LogP contribution is 2.40. The lowest BCUT2D eigenvalue weighted by Gasteiger charge is -2.40. The van der Waals surface area contributed by atoms with Crippen LogP contribution in [0.5, 0.6) is 0 Å². The van der Waals surface area contributed by atoms with Crippen molar-refractivity contribution in [3.05, 3.63) is 95.1 Å². The van der Waals surface area contributed by atoms with E-state index in [0.29, 0.717) is 0 Å². The molecule has 0 radical (unpaired) electrons. The fourth-order valence-corrected chi connectivity index (χ4v) is 3.65. The van der Waals surface area contributed by atoms with E-state index < -0.39 is 5.97 Å². The van der Waals surface area contributed by atoms with Crippen LogP contribution in [0.3, 0.4) is 0 Å². The van der Waals surface area contributed by atoms with E-state index in [0.717, 1.165) is 25.1 Å². The Hall–Kier alpha value is -3.58. The van der Waals surface area contributed by atoms with Gasteiger partial charge in [0, 0.05) is 18.8 Å². The molecule has 1 aliphatic heterocycles. The lowest BCUT2D eigenvalue weighted by atomic mass is 9.77. The predicted molar refractivity (Wildman–Crippen MR) is 121 cm³/mol. The summed E-state index contributed by atoms with van der Waals surface area (Å²) < 4.78 is 0. The third kappa shape index (κ3) is 5.07. The van der Waals surface area contributed by atoms with Crippen LogP contribution >= 0.6 is 0 Å². The topological polar surface area (TPSA) is 64.3 Å². The molecule has 3 rings (SSSR count). The maximum absolute atomic E-state index is 10.8. The molecule has 2 aromatic carbocycles. The Labute approximate surface area is 178 Å². The van der Waals surface area contributed by atoms with Crippen molar-refractivity contribution in [2.75, 3.05) is 11.4 Å². The third-order valence-corrected chi connectivity index (χ3v) is 5.44. The molecule has 1 N–H and O–H groups in total. The molecule has 0 saturated heterocycles. The van der Waals surface area contributed by atoms with Gasteiger partial charge in [-0.15, -0.1) is 0 Å². The van der Waals surface area contributed by atoms with Gasteiger partial charge in [0.2, 0.25) is 0 Å². The number of benzene rings is 2. The van der Waals surface area contributed by atoms with Crippen molar-refractivity contribution in [3.63, 3.8) is 0 Å². The van der Waals surface area contributed by atoms with Crippen molar-refractivity contribution in [1.82, 2.24) is 0 Å². The van der Waals surface area contributed by atoms with Crippen molar-refractivity contribution in [1.29, 1.82) is 5.26 Å². The van der Waals surface area contributed by atoms with Gasteiger partial charge in [-0.25, -0.2) is 4.79 Å². The lowest BCUT2D eigenvalue weighted by Crippen LogP contribution is -2.36. The number of hydrogen-bond acceptors (Lipinski definition) is 3. The first-order valence-corrected chi connectivity index (χ1v) is 10.0. The molecular weight excluding hydrogens is 372 g/mol. The smallest absolute Gasteiger partial charge is 0.346 e. The number of anilines is 1. The summed E-state index contributed by atoms with van der Waals surface area (Å²) in [4.78, 5) is 13.3. The quantitative estimate of drug-likeness (QED) is 0.398.